The van der Waals surface area contributed by atoms with Crippen LogP contribution in [0, 0.1) is 17.6 Å². The van der Waals surface area contributed by atoms with Gasteiger partial charge in [0.2, 0.25) is 11.8 Å². The first-order chi connectivity index (χ1) is 13.7. The average molecular weight is 423 g/mol. The number of nitrogens with one attached hydrogen (secondary N) is 1. The molecule has 0 unspecified atom stereocenters. The molecule has 0 spiro atoms. The van der Waals surface area contributed by atoms with Gasteiger partial charge < -0.3 is 10.2 Å². The van der Waals surface area contributed by atoms with E-state index in [-0.39, 0.29) is 40.9 Å². The lowest BCUT2D eigenvalue weighted by Gasteiger charge is -2.29. The molecule has 7 heteroatoms. The molecule has 0 aliphatic carbocycles. The second-order valence-electron chi connectivity index (χ2n) is 7.31. The Bertz CT molecular complexity index is 853. The molecule has 0 aliphatic rings. The number of benzene rings is 2. The van der Waals surface area contributed by atoms with Crippen molar-refractivity contribution in [3.8, 4) is 0 Å². The molecule has 29 heavy (non-hydrogen) atoms. The van der Waals surface area contributed by atoms with Gasteiger partial charge in [-0.15, -0.1) is 0 Å². The molecule has 0 saturated carbocycles. The minimum Gasteiger partial charge on any atom is -0.354 e. The molecule has 2 amide bonds. The third-order valence-electron chi connectivity index (χ3n) is 4.54. The largest absolute Gasteiger partial charge is 0.354 e. The van der Waals surface area contributed by atoms with Gasteiger partial charge in [0.05, 0.1) is 6.42 Å². The van der Waals surface area contributed by atoms with Gasteiger partial charge in [0.15, 0.2) is 0 Å². The Kier molecular flexibility index (Phi) is 8.14. The Labute approximate surface area is 174 Å². The minimum atomic E-state index is -0.869. The summed E-state index contributed by atoms with van der Waals surface area (Å²) in [4.78, 5) is 26.8. The van der Waals surface area contributed by atoms with Crippen LogP contribution in [0.2, 0.25) is 5.02 Å². The third kappa shape index (κ3) is 6.26. The highest BCUT2D eigenvalue weighted by molar-refractivity contribution is 6.31. The summed E-state index contributed by atoms with van der Waals surface area (Å²) in [6.07, 6.45) is -0.332. The number of hydrogen-bond acceptors (Lipinski definition) is 2. The van der Waals surface area contributed by atoms with Gasteiger partial charge in [-0.25, -0.2) is 8.78 Å². The summed E-state index contributed by atoms with van der Waals surface area (Å²) >= 11 is 6.04. The molecule has 0 bridgehead atoms. The van der Waals surface area contributed by atoms with Crippen molar-refractivity contribution in [2.24, 2.45) is 5.92 Å². The maximum atomic E-state index is 14.2. The fourth-order valence-electron chi connectivity index (χ4n) is 2.80. The van der Waals surface area contributed by atoms with Gasteiger partial charge in [-0.3, -0.25) is 9.59 Å². The van der Waals surface area contributed by atoms with E-state index in [0.717, 1.165) is 0 Å². The maximum Gasteiger partial charge on any atom is 0.242 e. The molecule has 156 valence electrons. The molecule has 1 N–H and O–H groups in total. The average Bonchev–Trinajstić information content (AvgIpc) is 2.67. The molecule has 0 saturated heterocycles. The van der Waals surface area contributed by atoms with Crippen molar-refractivity contribution in [3.63, 3.8) is 0 Å². The van der Waals surface area contributed by atoms with E-state index in [1.54, 1.807) is 25.1 Å². The maximum absolute atomic E-state index is 14.2. The molecule has 2 aromatic carbocycles. The number of rotatable bonds is 8. The van der Waals surface area contributed by atoms with E-state index in [2.05, 4.69) is 5.32 Å². The van der Waals surface area contributed by atoms with Crippen LogP contribution < -0.4 is 5.32 Å². The molecule has 0 heterocycles. The first-order valence-corrected chi connectivity index (χ1v) is 9.82. The second-order valence-corrected chi connectivity index (χ2v) is 7.71. The number of nitrogens with zero attached hydrogens (tertiary/aromatic N) is 1. The van der Waals surface area contributed by atoms with E-state index in [4.69, 9.17) is 11.6 Å². The smallest absolute Gasteiger partial charge is 0.242 e. The van der Waals surface area contributed by atoms with E-state index < -0.39 is 23.6 Å². The lowest BCUT2D eigenvalue weighted by Crippen LogP contribution is -2.48. The molecule has 1 atom stereocenters. The number of hydrogen-bond donors (Lipinski definition) is 1. The summed E-state index contributed by atoms with van der Waals surface area (Å²) in [6, 6.07) is 9.32. The van der Waals surface area contributed by atoms with E-state index in [1.807, 2.05) is 13.8 Å². The van der Waals surface area contributed by atoms with Crippen LogP contribution in [-0.4, -0.2) is 29.3 Å². The van der Waals surface area contributed by atoms with E-state index in [0.29, 0.717) is 6.54 Å². The Morgan fingerprint density at radius 3 is 2.31 bits per heavy atom. The fourth-order valence-corrected chi connectivity index (χ4v) is 3.03. The topological polar surface area (TPSA) is 49.4 Å². The third-order valence-corrected chi connectivity index (χ3v) is 4.89. The highest BCUT2D eigenvalue weighted by Gasteiger charge is 2.28. The Morgan fingerprint density at radius 2 is 1.69 bits per heavy atom. The van der Waals surface area contributed by atoms with Crippen molar-refractivity contribution in [2.75, 3.05) is 6.54 Å². The Morgan fingerprint density at radius 1 is 1.03 bits per heavy atom. The highest BCUT2D eigenvalue weighted by atomic mass is 35.5. The summed E-state index contributed by atoms with van der Waals surface area (Å²) in [5.74, 6) is -1.73. The normalized spacial score (nSPS) is 12.0. The molecular formula is C22H25ClF2N2O2. The molecular weight excluding hydrogens is 398 g/mol. The first kappa shape index (κ1) is 22.8. The van der Waals surface area contributed by atoms with E-state index in [1.165, 1.54) is 29.2 Å². The van der Waals surface area contributed by atoms with Gasteiger partial charge in [0, 0.05) is 29.2 Å². The molecule has 2 rings (SSSR count). The van der Waals surface area contributed by atoms with Crippen molar-refractivity contribution in [1.82, 2.24) is 10.2 Å². The Balaban J connectivity index is 2.29. The van der Waals surface area contributed by atoms with Crippen molar-refractivity contribution in [1.29, 1.82) is 0 Å². The Hall–Kier alpha value is -2.47. The van der Waals surface area contributed by atoms with Gasteiger partial charge in [0.1, 0.15) is 17.7 Å². The summed E-state index contributed by atoms with van der Waals surface area (Å²) in [7, 11) is 0. The predicted octanol–water partition coefficient (Wildman–Crippen LogP) is 4.35. The van der Waals surface area contributed by atoms with Gasteiger partial charge in [0.25, 0.3) is 0 Å². The van der Waals surface area contributed by atoms with Gasteiger partial charge in [-0.1, -0.05) is 49.7 Å². The number of amides is 2. The van der Waals surface area contributed by atoms with Crippen LogP contribution in [0.25, 0.3) is 0 Å². The summed E-state index contributed by atoms with van der Waals surface area (Å²) in [6.45, 7) is 5.80. The molecule has 0 aromatic heterocycles. The van der Waals surface area contributed by atoms with Crippen molar-refractivity contribution >= 4 is 23.4 Å². The number of carbonyl (C=O) groups excluding carboxylic acids is 2. The minimum absolute atomic E-state index is 0.0486. The first-order valence-electron chi connectivity index (χ1n) is 9.44. The van der Waals surface area contributed by atoms with E-state index >= 15 is 0 Å². The highest BCUT2D eigenvalue weighted by Crippen LogP contribution is 2.22. The van der Waals surface area contributed by atoms with Gasteiger partial charge in [-0.2, -0.15) is 0 Å². The molecule has 2 aromatic rings. The summed E-state index contributed by atoms with van der Waals surface area (Å²) in [5, 5.41) is 2.90. The van der Waals surface area contributed by atoms with Crippen molar-refractivity contribution in [2.45, 2.75) is 39.8 Å². The van der Waals surface area contributed by atoms with Crippen LogP contribution >= 0.6 is 11.6 Å². The monoisotopic (exact) mass is 422 g/mol. The summed E-state index contributed by atoms with van der Waals surface area (Å²) in [5.41, 5.74) is 0.316. The summed E-state index contributed by atoms with van der Waals surface area (Å²) < 4.78 is 28.3. The molecule has 4 nitrogen and oxygen atoms in total. The second kappa shape index (κ2) is 10.3. The van der Waals surface area contributed by atoms with Crippen LogP contribution in [0.15, 0.2) is 42.5 Å². The molecule has 0 aliphatic heterocycles. The molecule has 0 radical (unpaired) electrons. The van der Waals surface area contributed by atoms with E-state index in [9.17, 15) is 18.4 Å². The predicted molar refractivity (Wildman–Crippen MR) is 109 cm³/mol. The zero-order valence-electron chi connectivity index (χ0n) is 16.7. The van der Waals surface area contributed by atoms with Crippen LogP contribution in [0.3, 0.4) is 0 Å². The SMILES string of the molecule is CC(C)CNC(=O)[C@H](C)N(Cc1ccccc1F)C(=O)Cc1c(F)cccc1Cl. The lowest BCUT2D eigenvalue weighted by atomic mass is 10.1. The number of carbonyl (C=O) groups is 2. The zero-order chi connectivity index (χ0) is 21.6. The molecule has 0 fully saturated rings. The lowest BCUT2D eigenvalue weighted by molar-refractivity contribution is -0.140. The fraction of sp³-hybridized carbons (Fsp3) is 0.364. The zero-order valence-corrected chi connectivity index (χ0v) is 17.5. The quantitative estimate of drug-likeness (QED) is 0.687. The van der Waals surface area contributed by atoms with Crippen LogP contribution in [0.4, 0.5) is 8.78 Å². The number of halogens is 3. The van der Waals surface area contributed by atoms with Crippen molar-refractivity contribution in [3.05, 3.63) is 70.2 Å². The van der Waals surface area contributed by atoms with Gasteiger partial charge >= 0.3 is 0 Å². The van der Waals surface area contributed by atoms with Crippen LogP contribution in [0.5, 0.6) is 0 Å². The van der Waals surface area contributed by atoms with Crippen molar-refractivity contribution < 1.29 is 18.4 Å². The van der Waals surface area contributed by atoms with Gasteiger partial charge in [-0.05, 0) is 31.0 Å². The van der Waals surface area contributed by atoms with Crippen LogP contribution in [-0.2, 0) is 22.6 Å². The standard InChI is InChI=1S/C22H25ClF2N2O2/c1-14(2)12-26-22(29)15(3)27(13-16-7-4-5-9-19(16)24)21(28)11-17-18(23)8-6-10-20(17)25/h4-10,14-15H,11-13H2,1-3H3,(H,26,29)/t15-/m0/s1. The van der Waals surface area contributed by atoms with Crippen LogP contribution in [0.1, 0.15) is 31.9 Å².